The van der Waals surface area contributed by atoms with Crippen molar-refractivity contribution in [3.8, 4) is 0 Å². The lowest BCUT2D eigenvalue weighted by molar-refractivity contribution is -0.126. The summed E-state index contributed by atoms with van der Waals surface area (Å²) in [4.78, 5) is 30.6. The molecule has 0 aliphatic heterocycles. The van der Waals surface area contributed by atoms with Gasteiger partial charge in [0, 0.05) is 43.8 Å². The number of hydrogen-bond acceptors (Lipinski definition) is 4. The van der Waals surface area contributed by atoms with E-state index in [4.69, 9.17) is 4.74 Å². The van der Waals surface area contributed by atoms with Crippen LogP contribution in [0.3, 0.4) is 0 Å². The molecule has 162 valence electrons. The summed E-state index contributed by atoms with van der Waals surface area (Å²) in [6.45, 7) is 6.83. The van der Waals surface area contributed by atoms with Crippen molar-refractivity contribution in [3.63, 3.8) is 0 Å². The van der Waals surface area contributed by atoms with Gasteiger partial charge in [0.05, 0.1) is 0 Å². The van der Waals surface area contributed by atoms with Gasteiger partial charge < -0.3 is 15.0 Å². The molecule has 1 N–H and O–H groups in total. The molecule has 1 saturated carbocycles. The number of nitrogens with zero attached hydrogens (tertiary/aromatic N) is 2. The molecule has 1 aromatic heterocycles. The molecule has 0 saturated heterocycles. The molecule has 1 fully saturated rings. The minimum absolute atomic E-state index is 0.0535. The first-order chi connectivity index (χ1) is 14.2. The number of fused-ring (bicyclic) bond motifs is 1. The van der Waals surface area contributed by atoms with Crippen molar-refractivity contribution in [1.82, 2.24) is 15.2 Å². The van der Waals surface area contributed by atoms with Crippen LogP contribution in [0.25, 0.3) is 10.8 Å². The van der Waals surface area contributed by atoms with E-state index in [-0.39, 0.29) is 17.9 Å². The van der Waals surface area contributed by atoms with Crippen LogP contribution in [0, 0.1) is 11.8 Å². The fraction of sp³-hybridized carbons (Fsp3) is 0.542. The van der Waals surface area contributed by atoms with Crippen LogP contribution in [0.2, 0.25) is 0 Å². The highest BCUT2D eigenvalue weighted by molar-refractivity contribution is 5.82. The number of amides is 2. The van der Waals surface area contributed by atoms with E-state index in [0.717, 1.165) is 42.0 Å². The zero-order valence-electron chi connectivity index (χ0n) is 18.5. The van der Waals surface area contributed by atoms with Crippen molar-refractivity contribution < 1.29 is 14.3 Å². The van der Waals surface area contributed by atoms with E-state index in [2.05, 4.69) is 16.4 Å². The van der Waals surface area contributed by atoms with Gasteiger partial charge in [0.1, 0.15) is 5.60 Å². The highest BCUT2D eigenvalue weighted by Gasteiger charge is 2.28. The van der Waals surface area contributed by atoms with Crippen LogP contribution in [0.1, 0.15) is 52.0 Å². The van der Waals surface area contributed by atoms with Crippen molar-refractivity contribution >= 4 is 22.8 Å². The molecular weight excluding hydrogens is 378 g/mol. The van der Waals surface area contributed by atoms with Gasteiger partial charge >= 0.3 is 6.09 Å². The number of aromatic nitrogens is 1. The van der Waals surface area contributed by atoms with Crippen LogP contribution in [-0.4, -0.2) is 41.1 Å². The molecule has 1 aliphatic carbocycles. The molecule has 2 amide bonds. The predicted molar refractivity (Wildman–Crippen MR) is 118 cm³/mol. The highest BCUT2D eigenvalue weighted by atomic mass is 16.6. The monoisotopic (exact) mass is 411 g/mol. The molecule has 30 heavy (non-hydrogen) atoms. The van der Waals surface area contributed by atoms with E-state index in [9.17, 15) is 9.59 Å². The average molecular weight is 412 g/mol. The quantitative estimate of drug-likeness (QED) is 0.785. The summed E-state index contributed by atoms with van der Waals surface area (Å²) >= 11 is 0. The van der Waals surface area contributed by atoms with Gasteiger partial charge in [-0.1, -0.05) is 12.1 Å². The number of nitrogens with one attached hydrogen (secondary N) is 1. The van der Waals surface area contributed by atoms with Crippen molar-refractivity contribution in [3.05, 3.63) is 42.2 Å². The van der Waals surface area contributed by atoms with E-state index in [1.54, 1.807) is 18.1 Å². The molecule has 0 spiro atoms. The minimum Gasteiger partial charge on any atom is -0.444 e. The maximum absolute atomic E-state index is 12.6. The molecule has 1 heterocycles. The third-order valence-corrected chi connectivity index (χ3v) is 5.63. The second kappa shape index (κ2) is 9.45. The van der Waals surface area contributed by atoms with Crippen molar-refractivity contribution in [2.24, 2.45) is 11.8 Å². The fourth-order valence-electron chi connectivity index (χ4n) is 3.99. The standard InChI is InChI=1S/C24H33N3O3/c1-24(2,3)30-23(29)27(4)16-17-5-8-19(9-6-17)22(28)26-14-18-7-10-21-15-25-12-11-20(21)13-18/h7,10-13,15,17,19H,5-6,8-9,14,16H2,1-4H3,(H,26,28). The number of benzene rings is 1. The predicted octanol–water partition coefficient (Wildman–Crippen LogP) is 4.52. The van der Waals surface area contributed by atoms with Crippen molar-refractivity contribution in [2.45, 2.75) is 58.6 Å². The number of carbonyl (C=O) groups excluding carboxylic acids is 2. The topological polar surface area (TPSA) is 71.5 Å². The molecule has 6 heteroatoms. The Balaban J connectivity index is 1.43. The first-order valence-electron chi connectivity index (χ1n) is 10.8. The summed E-state index contributed by atoms with van der Waals surface area (Å²) in [5, 5.41) is 5.32. The second-order valence-electron chi connectivity index (χ2n) is 9.35. The Labute approximate surface area is 179 Å². The Morgan fingerprint density at radius 3 is 2.57 bits per heavy atom. The van der Waals surface area contributed by atoms with Gasteiger partial charge in [-0.15, -0.1) is 0 Å². The molecule has 0 atom stereocenters. The van der Waals surface area contributed by atoms with Gasteiger partial charge in [-0.3, -0.25) is 9.78 Å². The number of hydrogen-bond donors (Lipinski definition) is 1. The smallest absolute Gasteiger partial charge is 0.410 e. The van der Waals surface area contributed by atoms with Gasteiger partial charge in [-0.2, -0.15) is 0 Å². The number of carbonyl (C=O) groups is 2. The molecule has 1 aromatic carbocycles. The van der Waals surface area contributed by atoms with Crippen molar-refractivity contribution in [1.29, 1.82) is 0 Å². The summed E-state index contributed by atoms with van der Waals surface area (Å²) in [5.74, 6) is 0.599. The lowest BCUT2D eigenvalue weighted by Gasteiger charge is -2.31. The Kier molecular flexibility index (Phi) is 6.95. The van der Waals surface area contributed by atoms with E-state index >= 15 is 0 Å². The number of ether oxygens (including phenoxy) is 1. The van der Waals surface area contributed by atoms with E-state index < -0.39 is 5.60 Å². The summed E-state index contributed by atoms with van der Waals surface area (Å²) in [6.07, 6.45) is 6.97. The van der Waals surface area contributed by atoms with Crippen LogP contribution in [-0.2, 0) is 16.1 Å². The molecule has 2 aromatic rings. The number of rotatable bonds is 5. The van der Waals surface area contributed by atoms with E-state index in [1.165, 1.54) is 0 Å². The van der Waals surface area contributed by atoms with Gasteiger partial charge in [0.2, 0.25) is 5.91 Å². The van der Waals surface area contributed by atoms with Gasteiger partial charge in [-0.05, 0) is 75.5 Å². The first-order valence-corrected chi connectivity index (χ1v) is 10.8. The van der Waals surface area contributed by atoms with Gasteiger partial charge in [-0.25, -0.2) is 4.79 Å². The van der Waals surface area contributed by atoms with Crippen LogP contribution in [0.5, 0.6) is 0 Å². The largest absolute Gasteiger partial charge is 0.444 e. The van der Waals surface area contributed by atoms with Crippen LogP contribution in [0.15, 0.2) is 36.7 Å². The van der Waals surface area contributed by atoms with E-state index in [1.807, 2.05) is 45.2 Å². The first kappa shape index (κ1) is 22.1. The second-order valence-corrected chi connectivity index (χ2v) is 9.35. The van der Waals surface area contributed by atoms with Gasteiger partial charge in [0.15, 0.2) is 0 Å². The summed E-state index contributed by atoms with van der Waals surface area (Å²) in [5.41, 5.74) is 0.609. The van der Waals surface area contributed by atoms with E-state index in [0.29, 0.717) is 19.0 Å². The lowest BCUT2D eigenvalue weighted by Crippen LogP contribution is -2.39. The molecule has 0 bridgehead atoms. The molecule has 6 nitrogen and oxygen atoms in total. The fourth-order valence-corrected chi connectivity index (χ4v) is 3.99. The normalized spacial score (nSPS) is 19.3. The van der Waals surface area contributed by atoms with Crippen LogP contribution in [0.4, 0.5) is 4.79 Å². The Morgan fingerprint density at radius 2 is 1.87 bits per heavy atom. The Morgan fingerprint density at radius 1 is 1.13 bits per heavy atom. The molecular formula is C24H33N3O3. The highest BCUT2D eigenvalue weighted by Crippen LogP contribution is 2.29. The Bertz CT molecular complexity index is 883. The average Bonchev–Trinajstić information content (AvgIpc) is 2.71. The summed E-state index contributed by atoms with van der Waals surface area (Å²) in [6, 6.07) is 8.15. The Hall–Kier alpha value is -2.63. The molecule has 0 unspecified atom stereocenters. The van der Waals surface area contributed by atoms with Crippen molar-refractivity contribution in [2.75, 3.05) is 13.6 Å². The maximum Gasteiger partial charge on any atom is 0.410 e. The SMILES string of the molecule is CN(CC1CCC(C(=O)NCc2ccc3cnccc3c2)CC1)C(=O)OC(C)(C)C. The third kappa shape index (κ3) is 6.18. The maximum atomic E-state index is 12.6. The summed E-state index contributed by atoms with van der Waals surface area (Å²) in [7, 11) is 1.78. The number of pyridine rings is 1. The molecule has 3 rings (SSSR count). The summed E-state index contributed by atoms with van der Waals surface area (Å²) < 4.78 is 5.42. The zero-order valence-corrected chi connectivity index (χ0v) is 18.5. The molecule has 1 aliphatic rings. The lowest BCUT2D eigenvalue weighted by atomic mass is 9.81. The van der Waals surface area contributed by atoms with Crippen LogP contribution < -0.4 is 5.32 Å². The van der Waals surface area contributed by atoms with Crippen LogP contribution >= 0.6 is 0 Å². The zero-order chi connectivity index (χ0) is 21.7. The molecule has 0 radical (unpaired) electrons. The van der Waals surface area contributed by atoms with Gasteiger partial charge in [0.25, 0.3) is 0 Å². The third-order valence-electron chi connectivity index (χ3n) is 5.63. The minimum atomic E-state index is -0.483.